The van der Waals surface area contributed by atoms with Gasteiger partial charge in [0, 0.05) is 65.0 Å². The second kappa shape index (κ2) is 21.7. The van der Waals surface area contributed by atoms with E-state index in [0.29, 0.717) is 0 Å². The maximum absolute atomic E-state index is 5.93. The van der Waals surface area contributed by atoms with Gasteiger partial charge in [-0.2, -0.15) is 0 Å². The molecule has 0 amide bonds. The van der Waals surface area contributed by atoms with Gasteiger partial charge in [0.25, 0.3) is 0 Å². The number of para-hydroxylation sites is 2. The van der Waals surface area contributed by atoms with Crippen molar-refractivity contribution in [1.29, 1.82) is 0 Å². The SMILES string of the molecule is Cc1cc(C)c(-n2ccnc2-c2[c-]cc3c(c2)-c2ccccc2C3)c(C)c1.Cc1cc(C)c(-n2ccnc2-c2[c-]cc3oc4ccccc4c3c2)c(C)c1.Cc1cc(C)c(-n2ccnc2-c2[c-]cc3oc4ccccc4c3c2)c(C)c1.[Ir+3]. The minimum atomic E-state index is 0. The van der Waals surface area contributed by atoms with Crippen LogP contribution in [0, 0.1) is 80.5 Å². The third-order valence-corrected chi connectivity index (χ3v) is 15.6. The zero-order valence-electron chi connectivity index (χ0n) is 47.4. The summed E-state index contributed by atoms with van der Waals surface area (Å²) in [4.78, 5) is 14.0. The summed E-state index contributed by atoms with van der Waals surface area (Å²) >= 11 is 0. The van der Waals surface area contributed by atoms with Crippen molar-refractivity contribution in [3.63, 3.8) is 0 Å². The topological polar surface area (TPSA) is 79.7 Å². The van der Waals surface area contributed by atoms with E-state index in [4.69, 9.17) is 8.83 Å². The maximum atomic E-state index is 5.93. The maximum Gasteiger partial charge on any atom is 3.00 e. The van der Waals surface area contributed by atoms with Crippen LogP contribution >= 0.6 is 0 Å². The van der Waals surface area contributed by atoms with E-state index in [9.17, 15) is 0 Å². The van der Waals surface area contributed by atoms with Gasteiger partial charge in [-0.15, -0.1) is 76.9 Å². The molecule has 0 bridgehead atoms. The van der Waals surface area contributed by atoms with Gasteiger partial charge in [0.1, 0.15) is 11.2 Å². The molecule has 0 fully saturated rings. The molecule has 0 saturated carbocycles. The molecule has 0 aliphatic heterocycles. The van der Waals surface area contributed by atoms with E-state index in [1.165, 1.54) is 89.4 Å². The van der Waals surface area contributed by atoms with Gasteiger partial charge in [-0.25, -0.2) is 0 Å². The molecule has 1 aliphatic carbocycles. The number of hydrogen-bond donors (Lipinski definition) is 0. The Bertz CT molecular complexity index is 4480. The molecule has 15 rings (SSSR count). The van der Waals surface area contributed by atoms with Gasteiger partial charge < -0.3 is 22.5 Å². The van der Waals surface area contributed by atoms with Crippen molar-refractivity contribution in [2.24, 2.45) is 0 Å². The molecule has 1 aliphatic rings. The minimum absolute atomic E-state index is 0. The molecule has 0 radical (unpaired) electrons. The smallest absolute Gasteiger partial charge is 0.500 e. The van der Waals surface area contributed by atoms with Crippen molar-refractivity contribution in [1.82, 2.24) is 28.7 Å². The largest absolute Gasteiger partial charge is 3.00 e. The molecular weight excluding hydrogens is 1190 g/mol. The average Bonchev–Trinajstić information content (AvgIpc) is 4.50. The zero-order chi connectivity index (χ0) is 55.6. The van der Waals surface area contributed by atoms with Crippen LogP contribution in [0.15, 0.2) is 192 Å². The zero-order valence-corrected chi connectivity index (χ0v) is 49.8. The van der Waals surface area contributed by atoms with Crippen LogP contribution in [-0.4, -0.2) is 28.7 Å². The summed E-state index contributed by atoms with van der Waals surface area (Å²) in [6, 6.07) is 60.9. The summed E-state index contributed by atoms with van der Waals surface area (Å²) in [5.74, 6) is 2.71. The van der Waals surface area contributed by atoms with Crippen LogP contribution in [0.5, 0.6) is 0 Å². The van der Waals surface area contributed by atoms with Gasteiger partial charge >= 0.3 is 20.1 Å². The van der Waals surface area contributed by atoms with E-state index in [2.05, 4.69) is 212 Å². The third kappa shape index (κ3) is 9.70. The molecular formula is C73H59IrN6O2. The summed E-state index contributed by atoms with van der Waals surface area (Å²) in [6.45, 7) is 19.3. The Morgan fingerprint density at radius 1 is 0.366 bits per heavy atom. The van der Waals surface area contributed by atoms with Crippen LogP contribution < -0.4 is 0 Å². The van der Waals surface area contributed by atoms with Crippen molar-refractivity contribution in [3.8, 4) is 62.4 Å². The molecule has 9 aromatic carbocycles. The van der Waals surface area contributed by atoms with Gasteiger partial charge in [0.15, 0.2) is 0 Å². The monoisotopic (exact) mass is 1240 g/mol. The van der Waals surface area contributed by atoms with Gasteiger partial charge in [0.05, 0.1) is 28.6 Å². The van der Waals surface area contributed by atoms with Crippen molar-refractivity contribution in [2.45, 2.75) is 68.7 Å². The Labute approximate surface area is 491 Å². The molecule has 9 heteroatoms. The first-order chi connectivity index (χ1) is 39.3. The number of nitrogens with zero attached hydrogens (tertiary/aromatic N) is 6. The molecule has 8 nitrogen and oxygen atoms in total. The molecule has 5 aromatic heterocycles. The molecule has 0 saturated heterocycles. The molecule has 0 unspecified atom stereocenters. The van der Waals surface area contributed by atoms with Gasteiger partial charge in [-0.1, -0.05) is 130 Å². The van der Waals surface area contributed by atoms with Crippen LogP contribution in [0.2, 0.25) is 0 Å². The molecule has 5 heterocycles. The Morgan fingerprint density at radius 2 is 0.732 bits per heavy atom. The number of hydrogen-bond acceptors (Lipinski definition) is 5. The molecule has 0 spiro atoms. The number of furan rings is 2. The van der Waals surface area contributed by atoms with E-state index < -0.39 is 0 Å². The normalized spacial score (nSPS) is 11.6. The number of aromatic nitrogens is 6. The van der Waals surface area contributed by atoms with E-state index in [0.717, 1.165) is 84.5 Å². The summed E-state index contributed by atoms with van der Waals surface area (Å²) in [5.41, 5.74) is 26.7. The number of rotatable bonds is 6. The van der Waals surface area contributed by atoms with E-state index >= 15 is 0 Å². The molecule has 82 heavy (non-hydrogen) atoms. The second-order valence-electron chi connectivity index (χ2n) is 21.7. The van der Waals surface area contributed by atoms with Crippen LogP contribution in [0.25, 0.3) is 106 Å². The van der Waals surface area contributed by atoms with Crippen LogP contribution in [0.4, 0.5) is 0 Å². The molecule has 402 valence electrons. The van der Waals surface area contributed by atoms with Crippen molar-refractivity contribution < 1.29 is 28.9 Å². The molecule has 0 N–H and O–H groups in total. The van der Waals surface area contributed by atoms with Gasteiger partial charge in [0.2, 0.25) is 0 Å². The Balaban J connectivity index is 0.000000121. The first kappa shape index (κ1) is 53.5. The quantitative estimate of drug-likeness (QED) is 0.155. The van der Waals surface area contributed by atoms with E-state index in [1.54, 1.807) is 0 Å². The van der Waals surface area contributed by atoms with E-state index in [1.807, 2.05) is 79.5 Å². The predicted molar refractivity (Wildman–Crippen MR) is 329 cm³/mol. The summed E-state index contributed by atoms with van der Waals surface area (Å²) in [7, 11) is 0. The van der Waals surface area contributed by atoms with Crippen molar-refractivity contribution >= 4 is 43.9 Å². The average molecular weight is 1240 g/mol. The Kier molecular flexibility index (Phi) is 14.2. The summed E-state index contributed by atoms with van der Waals surface area (Å²) in [5, 5.41) is 4.41. The fraction of sp³-hybridized carbons (Fsp3) is 0.137. The number of fused-ring (bicyclic) bond motifs is 9. The number of aryl methyl sites for hydroxylation is 9. The first-order valence-corrected chi connectivity index (χ1v) is 27.5. The van der Waals surface area contributed by atoms with Crippen LogP contribution in [0.1, 0.15) is 61.2 Å². The predicted octanol–water partition coefficient (Wildman–Crippen LogP) is 18.2. The third-order valence-electron chi connectivity index (χ3n) is 15.6. The Hall–Kier alpha value is -9.14. The minimum Gasteiger partial charge on any atom is -0.500 e. The summed E-state index contributed by atoms with van der Waals surface area (Å²) in [6.07, 6.45) is 12.7. The van der Waals surface area contributed by atoms with Gasteiger partial charge in [-0.05, 0) is 125 Å². The molecule has 0 atom stereocenters. The molecule has 14 aromatic rings. The first-order valence-electron chi connectivity index (χ1n) is 27.5. The van der Waals surface area contributed by atoms with Crippen molar-refractivity contribution in [2.75, 3.05) is 0 Å². The number of benzene rings is 9. The van der Waals surface area contributed by atoms with Crippen molar-refractivity contribution in [3.05, 3.63) is 262 Å². The van der Waals surface area contributed by atoms with Crippen LogP contribution in [0.3, 0.4) is 0 Å². The standard InChI is InChI=1S/C25H21N2.2C24H19N2O.Ir/c1-16-12-17(2)24(18(3)13-16)27-11-10-26-25(27)21-9-8-20-14-19-6-4-5-7-22(19)23(20)15-21;2*1-15-12-16(2)23(17(3)13-15)26-11-10-25-24(26)18-8-9-22-20(14-18)19-6-4-5-7-21(19)27-22;/h4-8,10-13,15H,14H2,1-3H3;2*4-7,9-14H,1-3H3;/q3*-1;+3. The van der Waals surface area contributed by atoms with Crippen LogP contribution in [-0.2, 0) is 26.5 Å². The number of imidazole rings is 3. The Morgan fingerprint density at radius 3 is 1.16 bits per heavy atom. The summed E-state index contributed by atoms with van der Waals surface area (Å²) < 4.78 is 18.4. The fourth-order valence-corrected chi connectivity index (χ4v) is 12.5. The van der Waals surface area contributed by atoms with E-state index in [-0.39, 0.29) is 20.1 Å². The second-order valence-corrected chi connectivity index (χ2v) is 21.7. The van der Waals surface area contributed by atoms with Gasteiger partial charge in [-0.3, -0.25) is 15.0 Å². The fourth-order valence-electron chi connectivity index (χ4n) is 12.5.